The number of amides is 2. The van der Waals surface area contributed by atoms with Crippen LogP contribution in [0.1, 0.15) is 5.56 Å². The third kappa shape index (κ3) is 3.86. The Labute approximate surface area is 148 Å². The van der Waals surface area contributed by atoms with E-state index in [2.05, 4.69) is 10.3 Å². The van der Waals surface area contributed by atoms with Crippen molar-refractivity contribution in [2.45, 2.75) is 6.61 Å². The molecule has 2 heterocycles. The van der Waals surface area contributed by atoms with Crippen molar-refractivity contribution >= 4 is 17.5 Å². The summed E-state index contributed by atoms with van der Waals surface area (Å²) in [4.78, 5) is 28.6. The highest BCUT2D eigenvalue weighted by Gasteiger charge is 2.30. The van der Waals surface area contributed by atoms with E-state index >= 15 is 0 Å². The number of carbonyl (C=O) groups is 2. The number of aliphatic hydroxyl groups is 1. The molecule has 26 heavy (non-hydrogen) atoms. The van der Waals surface area contributed by atoms with Gasteiger partial charge in [0.25, 0.3) is 11.8 Å². The van der Waals surface area contributed by atoms with Gasteiger partial charge in [0.15, 0.2) is 11.6 Å². The van der Waals surface area contributed by atoms with Gasteiger partial charge in [-0.1, -0.05) is 6.07 Å². The topological polar surface area (TPSA) is 91.8 Å². The molecule has 2 N–H and O–H groups in total. The van der Waals surface area contributed by atoms with Crippen LogP contribution >= 0.6 is 0 Å². The third-order valence-electron chi connectivity index (χ3n) is 3.66. The fraction of sp³-hybridized carbons (Fsp3) is 0.167. The maximum atomic E-state index is 14.2. The Kier molecular flexibility index (Phi) is 5.23. The van der Waals surface area contributed by atoms with Crippen molar-refractivity contribution < 1.29 is 23.8 Å². The van der Waals surface area contributed by atoms with Crippen LogP contribution in [-0.2, 0) is 16.2 Å². The molecule has 0 aliphatic carbocycles. The van der Waals surface area contributed by atoms with Gasteiger partial charge in [-0.15, -0.1) is 0 Å². The number of hydrogen-bond donors (Lipinski definition) is 2. The number of hydrogen-bond acceptors (Lipinski definition) is 6. The molecular weight excluding hydrogens is 341 g/mol. The molecule has 8 heteroatoms. The predicted molar refractivity (Wildman–Crippen MR) is 90.5 cm³/mol. The van der Waals surface area contributed by atoms with Gasteiger partial charge < -0.3 is 15.2 Å². The number of benzene rings is 1. The fourth-order valence-corrected chi connectivity index (χ4v) is 2.41. The molecule has 2 amide bonds. The van der Waals surface area contributed by atoms with Gasteiger partial charge in [0.05, 0.1) is 13.2 Å². The summed E-state index contributed by atoms with van der Waals surface area (Å²) in [6.45, 7) is -0.239. The normalized spacial score (nSPS) is 13.8. The first kappa shape index (κ1) is 17.6. The number of ether oxygens (including phenoxy) is 1. The molecule has 1 aromatic heterocycles. The summed E-state index contributed by atoms with van der Waals surface area (Å²) in [6, 6.07) is 7.71. The zero-order chi connectivity index (χ0) is 18.5. The van der Waals surface area contributed by atoms with E-state index in [0.717, 1.165) is 16.5 Å². The number of anilines is 1. The van der Waals surface area contributed by atoms with Crippen molar-refractivity contribution in [2.75, 3.05) is 18.5 Å². The van der Waals surface area contributed by atoms with Crippen LogP contribution in [0.3, 0.4) is 0 Å². The van der Waals surface area contributed by atoms with Crippen LogP contribution < -0.4 is 10.1 Å². The van der Waals surface area contributed by atoms with Gasteiger partial charge in [0.1, 0.15) is 12.3 Å². The first-order valence-electron chi connectivity index (χ1n) is 7.85. The molecule has 1 aliphatic heterocycles. The van der Waals surface area contributed by atoms with Gasteiger partial charge in [-0.05, 0) is 18.2 Å². The van der Waals surface area contributed by atoms with Gasteiger partial charge >= 0.3 is 0 Å². The molecule has 7 nitrogen and oxygen atoms in total. The summed E-state index contributed by atoms with van der Waals surface area (Å²) < 4.78 is 19.6. The molecule has 1 aromatic carbocycles. The van der Waals surface area contributed by atoms with Gasteiger partial charge in [0, 0.05) is 35.8 Å². The fourth-order valence-electron chi connectivity index (χ4n) is 2.41. The van der Waals surface area contributed by atoms with Crippen LogP contribution in [0, 0.1) is 5.82 Å². The lowest BCUT2D eigenvalue weighted by Crippen LogP contribution is -2.34. The van der Waals surface area contributed by atoms with Crippen molar-refractivity contribution in [1.29, 1.82) is 0 Å². The Morgan fingerprint density at radius 3 is 2.81 bits per heavy atom. The minimum atomic E-state index is -0.608. The minimum absolute atomic E-state index is 0.0203. The molecule has 0 radical (unpaired) electrons. The Balaban J connectivity index is 1.65. The van der Waals surface area contributed by atoms with E-state index < -0.39 is 17.6 Å². The van der Waals surface area contributed by atoms with E-state index in [0.29, 0.717) is 5.69 Å². The van der Waals surface area contributed by atoms with Gasteiger partial charge in [0.2, 0.25) is 0 Å². The number of pyridine rings is 1. The highest BCUT2D eigenvalue weighted by molar-refractivity contribution is 6.17. The Morgan fingerprint density at radius 2 is 2.12 bits per heavy atom. The number of nitrogens with one attached hydrogen (secondary N) is 1. The minimum Gasteiger partial charge on any atom is -0.486 e. The lowest BCUT2D eigenvalue weighted by Gasteiger charge is -2.14. The third-order valence-corrected chi connectivity index (χ3v) is 3.66. The van der Waals surface area contributed by atoms with Crippen molar-refractivity contribution in [3.05, 3.63) is 65.9 Å². The average Bonchev–Trinajstić information content (AvgIpc) is 2.90. The molecule has 1 aliphatic rings. The summed E-state index contributed by atoms with van der Waals surface area (Å²) in [5.74, 6) is -1.64. The standard InChI is InChI=1S/C18H16FN3O4/c19-14-8-13(21-15-9-17(24)22(6-7-23)18(15)25)3-4-16(14)26-11-12-2-1-5-20-10-12/h1-5,8-10,21,23H,6-7,11H2. The molecule has 0 fully saturated rings. The van der Waals surface area contributed by atoms with Gasteiger partial charge in [-0.25, -0.2) is 4.39 Å². The van der Waals surface area contributed by atoms with E-state index in [4.69, 9.17) is 9.84 Å². The highest BCUT2D eigenvalue weighted by Crippen LogP contribution is 2.24. The van der Waals surface area contributed by atoms with E-state index in [1.807, 2.05) is 6.07 Å². The zero-order valence-electron chi connectivity index (χ0n) is 13.7. The van der Waals surface area contributed by atoms with Crippen molar-refractivity contribution in [1.82, 2.24) is 9.88 Å². The smallest absolute Gasteiger partial charge is 0.277 e. The lowest BCUT2D eigenvalue weighted by atomic mass is 10.2. The lowest BCUT2D eigenvalue weighted by molar-refractivity contribution is -0.137. The monoisotopic (exact) mass is 357 g/mol. The molecule has 0 unspecified atom stereocenters. The summed E-state index contributed by atoms with van der Waals surface area (Å²) in [5.41, 5.74) is 1.12. The van der Waals surface area contributed by atoms with E-state index in [-0.39, 0.29) is 31.2 Å². The maximum Gasteiger partial charge on any atom is 0.277 e. The van der Waals surface area contributed by atoms with Crippen LogP contribution in [0.25, 0.3) is 0 Å². The quantitative estimate of drug-likeness (QED) is 0.729. The summed E-state index contributed by atoms with van der Waals surface area (Å²) >= 11 is 0. The van der Waals surface area contributed by atoms with Crippen LogP contribution in [0.5, 0.6) is 5.75 Å². The molecular formula is C18H16FN3O4. The van der Waals surface area contributed by atoms with Crippen molar-refractivity contribution in [2.24, 2.45) is 0 Å². The van der Waals surface area contributed by atoms with Crippen molar-refractivity contribution in [3.8, 4) is 5.75 Å². The second-order valence-corrected chi connectivity index (χ2v) is 5.50. The number of rotatable bonds is 7. The second kappa shape index (κ2) is 7.75. The molecule has 3 rings (SSSR count). The molecule has 0 spiro atoms. The Bertz CT molecular complexity index is 855. The zero-order valence-corrected chi connectivity index (χ0v) is 13.7. The Hall–Kier alpha value is -3.26. The number of β-amino-alcohol motifs (C(OH)–C–C–N with tert-alkyl or cyclic N) is 1. The first-order chi connectivity index (χ1) is 12.6. The maximum absolute atomic E-state index is 14.2. The SMILES string of the molecule is O=C1C=C(Nc2ccc(OCc3cccnc3)c(F)c2)C(=O)N1CCO. The summed E-state index contributed by atoms with van der Waals surface area (Å²) in [5, 5.41) is 11.6. The van der Waals surface area contributed by atoms with Gasteiger partial charge in [-0.3, -0.25) is 19.5 Å². The van der Waals surface area contributed by atoms with Gasteiger partial charge in [-0.2, -0.15) is 0 Å². The highest BCUT2D eigenvalue weighted by atomic mass is 19.1. The predicted octanol–water partition coefficient (Wildman–Crippen LogP) is 1.46. The van der Waals surface area contributed by atoms with Crippen molar-refractivity contribution in [3.63, 3.8) is 0 Å². The number of halogens is 1. The van der Waals surface area contributed by atoms with Crippen LogP contribution in [0.2, 0.25) is 0 Å². The molecule has 134 valence electrons. The summed E-state index contributed by atoms with van der Waals surface area (Å²) in [6.07, 6.45) is 4.37. The van der Waals surface area contributed by atoms with Crippen LogP contribution in [-0.4, -0.2) is 40.0 Å². The van der Waals surface area contributed by atoms with Crippen LogP contribution in [0.4, 0.5) is 10.1 Å². The molecule has 0 saturated heterocycles. The first-order valence-corrected chi connectivity index (χ1v) is 7.85. The molecule has 0 bridgehead atoms. The Morgan fingerprint density at radius 1 is 1.27 bits per heavy atom. The van der Waals surface area contributed by atoms with E-state index in [9.17, 15) is 14.0 Å². The van der Waals surface area contributed by atoms with E-state index in [1.165, 1.54) is 18.2 Å². The molecule has 0 saturated carbocycles. The number of nitrogens with zero attached hydrogens (tertiary/aromatic N) is 2. The molecule has 2 aromatic rings. The molecule has 0 atom stereocenters. The van der Waals surface area contributed by atoms with Crippen LogP contribution in [0.15, 0.2) is 54.5 Å². The largest absolute Gasteiger partial charge is 0.486 e. The number of imide groups is 1. The van der Waals surface area contributed by atoms with E-state index in [1.54, 1.807) is 18.5 Å². The second-order valence-electron chi connectivity index (χ2n) is 5.50. The number of aliphatic hydroxyl groups excluding tert-OH is 1. The summed E-state index contributed by atoms with van der Waals surface area (Å²) in [7, 11) is 0. The average molecular weight is 357 g/mol. The number of carbonyl (C=O) groups excluding carboxylic acids is 2. The number of aromatic nitrogens is 1.